The van der Waals surface area contributed by atoms with Crippen molar-refractivity contribution in [3.8, 4) is 0 Å². The molecule has 200 valence electrons. The number of halogens is 4. The van der Waals surface area contributed by atoms with Gasteiger partial charge in [0.15, 0.2) is 0 Å². The number of nitrogens with zero attached hydrogens (tertiary/aromatic N) is 1. The first-order chi connectivity index (χ1) is 18.1. The molecule has 0 saturated heterocycles. The van der Waals surface area contributed by atoms with E-state index in [1.165, 1.54) is 13.2 Å². The third-order valence-electron chi connectivity index (χ3n) is 6.56. The summed E-state index contributed by atoms with van der Waals surface area (Å²) < 4.78 is 51.1. The number of rotatable bonds is 10. The van der Waals surface area contributed by atoms with Gasteiger partial charge in [0.2, 0.25) is 0 Å². The molecule has 0 fully saturated rings. The highest BCUT2D eigenvalue weighted by atomic mass is 35.5. The highest BCUT2D eigenvalue weighted by Crippen LogP contribution is 2.36. The van der Waals surface area contributed by atoms with Crippen molar-refractivity contribution >= 4 is 28.5 Å². The van der Waals surface area contributed by atoms with Crippen molar-refractivity contribution in [3.63, 3.8) is 0 Å². The zero-order valence-electron chi connectivity index (χ0n) is 21.2. The molecular formula is C30H29ClF3NO3. The molecule has 4 rings (SSSR count). The van der Waals surface area contributed by atoms with Crippen molar-refractivity contribution in [2.45, 2.75) is 38.4 Å². The number of alkyl halides is 3. The Kier molecular flexibility index (Phi) is 8.80. The molecular weight excluding hydrogens is 515 g/mol. The first-order valence-corrected chi connectivity index (χ1v) is 12.7. The maximum atomic E-state index is 13.5. The zero-order chi connectivity index (χ0) is 27.3. The fraction of sp³-hybridized carbons (Fsp3) is 0.300. The van der Waals surface area contributed by atoms with Gasteiger partial charge in [0.1, 0.15) is 11.3 Å². The topological polar surface area (TPSA) is 42.7 Å². The van der Waals surface area contributed by atoms with E-state index in [1.54, 1.807) is 6.07 Å². The Balaban J connectivity index is 1.54. The third-order valence-corrected chi connectivity index (χ3v) is 7.01. The maximum Gasteiger partial charge on any atom is 0.417 e. The number of ether oxygens (including phenoxy) is 1. The number of furan rings is 1. The van der Waals surface area contributed by atoms with Crippen LogP contribution in [-0.2, 0) is 35.1 Å². The Bertz CT molecular complexity index is 1380. The Morgan fingerprint density at radius 3 is 2.53 bits per heavy atom. The van der Waals surface area contributed by atoms with Crippen molar-refractivity contribution in [2.24, 2.45) is 0 Å². The van der Waals surface area contributed by atoms with Crippen LogP contribution in [0.3, 0.4) is 0 Å². The second-order valence-electron chi connectivity index (χ2n) is 9.41. The summed E-state index contributed by atoms with van der Waals surface area (Å²) in [5, 5.41) is 0.616. The fourth-order valence-corrected chi connectivity index (χ4v) is 4.85. The van der Waals surface area contributed by atoms with Crippen LogP contribution in [0.5, 0.6) is 0 Å². The molecule has 0 N–H and O–H groups in total. The third kappa shape index (κ3) is 6.97. The molecule has 1 atom stereocenters. The van der Waals surface area contributed by atoms with Crippen LogP contribution in [0.2, 0.25) is 5.02 Å². The molecule has 0 aliphatic rings. The minimum atomic E-state index is -4.52. The number of carbonyl (C=O) groups excluding carboxylic acids is 1. The predicted molar refractivity (Wildman–Crippen MR) is 142 cm³/mol. The molecule has 0 amide bonds. The Hall–Kier alpha value is -3.29. The molecule has 1 heterocycles. The summed E-state index contributed by atoms with van der Waals surface area (Å²) in [6.45, 7) is 3.54. The van der Waals surface area contributed by atoms with E-state index < -0.39 is 11.7 Å². The first kappa shape index (κ1) is 27.7. The summed E-state index contributed by atoms with van der Waals surface area (Å²) in [6, 6.07) is 21.5. The van der Waals surface area contributed by atoms with Crippen molar-refractivity contribution in [2.75, 3.05) is 20.2 Å². The number of esters is 1. The van der Waals surface area contributed by atoms with Gasteiger partial charge in [0.25, 0.3) is 0 Å². The minimum Gasteiger partial charge on any atom is -0.469 e. The lowest BCUT2D eigenvalue weighted by molar-refractivity contribution is -0.140. The lowest BCUT2D eigenvalue weighted by Gasteiger charge is -2.27. The van der Waals surface area contributed by atoms with Gasteiger partial charge in [-0.05, 0) is 46.9 Å². The van der Waals surface area contributed by atoms with Crippen LogP contribution in [0.25, 0.3) is 11.0 Å². The molecule has 38 heavy (non-hydrogen) atoms. The number of hydrogen-bond donors (Lipinski definition) is 0. The molecule has 4 aromatic rings. The molecule has 0 aliphatic carbocycles. The van der Waals surface area contributed by atoms with Crippen molar-refractivity contribution in [3.05, 3.63) is 106 Å². The Morgan fingerprint density at radius 2 is 1.82 bits per heavy atom. The molecule has 3 aromatic carbocycles. The van der Waals surface area contributed by atoms with Gasteiger partial charge in [-0.2, -0.15) is 13.2 Å². The van der Waals surface area contributed by atoms with Crippen LogP contribution in [0.15, 0.2) is 77.2 Å². The molecule has 4 nitrogen and oxygen atoms in total. The zero-order valence-corrected chi connectivity index (χ0v) is 22.0. The lowest BCUT2D eigenvalue weighted by Crippen LogP contribution is -2.30. The summed E-state index contributed by atoms with van der Waals surface area (Å²) in [5.41, 5.74) is 2.29. The van der Waals surface area contributed by atoms with Crippen LogP contribution in [0.1, 0.15) is 40.9 Å². The van der Waals surface area contributed by atoms with Crippen LogP contribution in [0.4, 0.5) is 13.2 Å². The van der Waals surface area contributed by atoms with Gasteiger partial charge in [-0.25, -0.2) is 0 Å². The first-order valence-electron chi connectivity index (χ1n) is 12.3. The van der Waals surface area contributed by atoms with E-state index in [9.17, 15) is 18.0 Å². The van der Waals surface area contributed by atoms with Crippen molar-refractivity contribution in [1.29, 1.82) is 0 Å². The van der Waals surface area contributed by atoms with Crippen molar-refractivity contribution < 1.29 is 27.1 Å². The van der Waals surface area contributed by atoms with Gasteiger partial charge in [0.05, 0.1) is 24.1 Å². The van der Waals surface area contributed by atoms with Crippen LogP contribution < -0.4 is 0 Å². The van der Waals surface area contributed by atoms with E-state index >= 15 is 0 Å². The molecule has 0 aliphatic heterocycles. The van der Waals surface area contributed by atoms with Gasteiger partial charge in [-0.1, -0.05) is 67.1 Å². The van der Waals surface area contributed by atoms with Gasteiger partial charge in [-0.3, -0.25) is 9.69 Å². The molecule has 0 saturated carbocycles. The SMILES string of the molecule is COC(=O)Cc1ccc2oc(CCN(Cc3cccc(C(F)(F)F)c3Cl)C[C@@H](C)c3ccccc3)cc2c1. The summed E-state index contributed by atoms with van der Waals surface area (Å²) in [7, 11) is 1.35. The van der Waals surface area contributed by atoms with E-state index in [2.05, 4.69) is 11.8 Å². The second kappa shape index (κ2) is 12.0. The molecule has 0 unspecified atom stereocenters. The van der Waals surface area contributed by atoms with Gasteiger partial charge < -0.3 is 9.15 Å². The van der Waals surface area contributed by atoms with E-state index in [0.717, 1.165) is 28.3 Å². The molecule has 8 heteroatoms. The fourth-order valence-electron chi connectivity index (χ4n) is 4.56. The van der Waals surface area contributed by atoms with Crippen LogP contribution in [-0.4, -0.2) is 31.1 Å². The highest BCUT2D eigenvalue weighted by Gasteiger charge is 2.34. The highest BCUT2D eigenvalue weighted by molar-refractivity contribution is 6.32. The average Bonchev–Trinajstić information content (AvgIpc) is 3.30. The summed E-state index contributed by atoms with van der Waals surface area (Å²) in [6.07, 6.45) is -3.79. The number of fused-ring (bicyclic) bond motifs is 1. The summed E-state index contributed by atoms with van der Waals surface area (Å²) in [5.74, 6) is 0.588. The quantitative estimate of drug-likeness (QED) is 0.192. The van der Waals surface area contributed by atoms with Gasteiger partial charge in [0, 0.05) is 31.4 Å². The Labute approximate surface area is 225 Å². The monoisotopic (exact) mass is 543 g/mol. The molecule has 1 aromatic heterocycles. The van der Waals surface area contributed by atoms with Crippen molar-refractivity contribution in [1.82, 2.24) is 4.90 Å². The Morgan fingerprint density at radius 1 is 1.05 bits per heavy atom. The molecule has 0 bridgehead atoms. The van der Waals surface area contributed by atoms with E-state index in [-0.39, 0.29) is 29.9 Å². The minimum absolute atomic E-state index is 0.150. The number of hydrogen-bond acceptors (Lipinski definition) is 4. The number of methoxy groups -OCH3 is 1. The van der Waals surface area contributed by atoms with Crippen LogP contribution >= 0.6 is 11.6 Å². The van der Waals surface area contributed by atoms with Gasteiger partial charge in [-0.15, -0.1) is 0 Å². The normalized spacial score (nSPS) is 12.7. The lowest BCUT2D eigenvalue weighted by atomic mass is 10.00. The number of carbonyl (C=O) groups is 1. The molecule has 0 radical (unpaired) electrons. The summed E-state index contributed by atoms with van der Waals surface area (Å²) >= 11 is 6.22. The van der Waals surface area contributed by atoms with E-state index in [0.29, 0.717) is 30.7 Å². The maximum absolute atomic E-state index is 13.5. The summed E-state index contributed by atoms with van der Waals surface area (Å²) in [4.78, 5) is 13.7. The number of benzene rings is 3. The van der Waals surface area contributed by atoms with E-state index in [1.807, 2.05) is 54.6 Å². The predicted octanol–water partition coefficient (Wildman–Crippen LogP) is 7.67. The smallest absolute Gasteiger partial charge is 0.417 e. The average molecular weight is 544 g/mol. The van der Waals surface area contributed by atoms with E-state index in [4.69, 9.17) is 20.8 Å². The largest absolute Gasteiger partial charge is 0.469 e. The standard InChI is InChI=1S/C30H29ClF3NO3/c1-20(22-7-4-3-5-8-22)18-35(19-23-9-6-10-26(29(23)31)30(32,33)34)14-13-25-17-24-15-21(16-28(36)37-2)11-12-27(24)38-25/h3-12,15,17,20H,13-14,16,18-19H2,1-2H3/t20-/m1/s1. The van der Waals surface area contributed by atoms with Gasteiger partial charge >= 0.3 is 12.1 Å². The second-order valence-corrected chi connectivity index (χ2v) is 9.79. The van der Waals surface area contributed by atoms with Crippen LogP contribution in [0, 0.1) is 0 Å². The molecule has 0 spiro atoms.